The van der Waals surface area contributed by atoms with Gasteiger partial charge in [-0.25, -0.2) is 0 Å². The third-order valence-corrected chi connectivity index (χ3v) is 3.27. The predicted molar refractivity (Wildman–Crippen MR) is 79.9 cm³/mol. The standard InChI is InChI=1S/C16H28N2/c1-5-15-7-9-16(10-8-15)13-18(6-2)12-11-17-14(3)4/h7-10,14,17H,5-6,11-13H2,1-4H3. The Kier molecular flexibility index (Phi) is 6.99. The van der Waals surface area contributed by atoms with Gasteiger partial charge in [-0.1, -0.05) is 52.0 Å². The largest absolute Gasteiger partial charge is 0.313 e. The second-order valence-electron chi connectivity index (χ2n) is 5.15. The normalized spacial score (nSPS) is 11.4. The quantitative estimate of drug-likeness (QED) is 0.760. The maximum Gasteiger partial charge on any atom is 0.0234 e. The lowest BCUT2D eigenvalue weighted by atomic mass is 10.1. The molecule has 0 atom stereocenters. The molecule has 2 heteroatoms. The van der Waals surface area contributed by atoms with Crippen molar-refractivity contribution in [1.82, 2.24) is 10.2 Å². The number of hydrogen-bond donors (Lipinski definition) is 1. The molecule has 102 valence electrons. The van der Waals surface area contributed by atoms with Crippen LogP contribution in [0, 0.1) is 0 Å². The smallest absolute Gasteiger partial charge is 0.0234 e. The van der Waals surface area contributed by atoms with E-state index in [2.05, 4.69) is 62.2 Å². The highest BCUT2D eigenvalue weighted by molar-refractivity contribution is 5.22. The first-order valence-corrected chi connectivity index (χ1v) is 7.19. The van der Waals surface area contributed by atoms with Crippen molar-refractivity contribution in [3.63, 3.8) is 0 Å². The minimum atomic E-state index is 0.576. The van der Waals surface area contributed by atoms with Gasteiger partial charge in [0.05, 0.1) is 0 Å². The summed E-state index contributed by atoms with van der Waals surface area (Å²) >= 11 is 0. The Morgan fingerprint density at radius 2 is 1.67 bits per heavy atom. The van der Waals surface area contributed by atoms with Crippen LogP contribution < -0.4 is 5.32 Å². The molecule has 0 aliphatic rings. The zero-order valence-electron chi connectivity index (χ0n) is 12.4. The third-order valence-electron chi connectivity index (χ3n) is 3.27. The van der Waals surface area contributed by atoms with Gasteiger partial charge in [0.15, 0.2) is 0 Å². The van der Waals surface area contributed by atoms with Crippen LogP contribution in [0.3, 0.4) is 0 Å². The minimum Gasteiger partial charge on any atom is -0.313 e. The molecule has 1 aromatic rings. The van der Waals surface area contributed by atoms with Crippen molar-refractivity contribution in [1.29, 1.82) is 0 Å². The molecule has 0 saturated carbocycles. The molecule has 0 fully saturated rings. The highest BCUT2D eigenvalue weighted by Gasteiger charge is 2.03. The number of benzene rings is 1. The Balaban J connectivity index is 2.41. The molecule has 0 aliphatic carbocycles. The molecule has 1 rings (SSSR count). The zero-order chi connectivity index (χ0) is 13.4. The average Bonchev–Trinajstić information content (AvgIpc) is 2.38. The van der Waals surface area contributed by atoms with Crippen LogP contribution in [0.4, 0.5) is 0 Å². The first-order valence-electron chi connectivity index (χ1n) is 7.19. The van der Waals surface area contributed by atoms with Gasteiger partial charge >= 0.3 is 0 Å². The van der Waals surface area contributed by atoms with E-state index >= 15 is 0 Å². The fourth-order valence-corrected chi connectivity index (χ4v) is 2.00. The van der Waals surface area contributed by atoms with Crippen LogP contribution in [0.2, 0.25) is 0 Å². The number of aryl methyl sites for hydroxylation is 1. The molecule has 0 unspecified atom stereocenters. The van der Waals surface area contributed by atoms with Crippen molar-refractivity contribution in [2.45, 2.75) is 46.7 Å². The van der Waals surface area contributed by atoms with Crippen molar-refractivity contribution in [3.8, 4) is 0 Å². The lowest BCUT2D eigenvalue weighted by molar-refractivity contribution is 0.276. The lowest BCUT2D eigenvalue weighted by Crippen LogP contribution is -2.34. The molecule has 1 N–H and O–H groups in total. The molecule has 0 saturated heterocycles. The van der Waals surface area contributed by atoms with E-state index in [0.717, 1.165) is 32.6 Å². The molecule has 0 amide bonds. The molecule has 2 nitrogen and oxygen atoms in total. The van der Waals surface area contributed by atoms with Crippen molar-refractivity contribution >= 4 is 0 Å². The van der Waals surface area contributed by atoms with E-state index in [1.807, 2.05) is 0 Å². The molecule has 18 heavy (non-hydrogen) atoms. The van der Waals surface area contributed by atoms with Crippen molar-refractivity contribution < 1.29 is 0 Å². The zero-order valence-corrected chi connectivity index (χ0v) is 12.4. The molecule has 0 spiro atoms. The van der Waals surface area contributed by atoms with Gasteiger partial charge in [0.1, 0.15) is 0 Å². The summed E-state index contributed by atoms with van der Waals surface area (Å²) in [7, 11) is 0. The molecule has 1 aromatic carbocycles. The Labute approximate surface area is 112 Å². The van der Waals surface area contributed by atoms with Gasteiger partial charge in [0.25, 0.3) is 0 Å². The van der Waals surface area contributed by atoms with Crippen molar-refractivity contribution in [3.05, 3.63) is 35.4 Å². The summed E-state index contributed by atoms with van der Waals surface area (Å²) in [5.41, 5.74) is 2.84. The van der Waals surface area contributed by atoms with Crippen LogP contribution in [0.15, 0.2) is 24.3 Å². The summed E-state index contributed by atoms with van der Waals surface area (Å²) in [5.74, 6) is 0. The van der Waals surface area contributed by atoms with E-state index in [1.54, 1.807) is 0 Å². The van der Waals surface area contributed by atoms with E-state index < -0.39 is 0 Å². The van der Waals surface area contributed by atoms with E-state index in [0.29, 0.717) is 6.04 Å². The third kappa shape index (κ3) is 5.65. The number of likely N-dealkylation sites (N-methyl/N-ethyl adjacent to an activating group) is 1. The number of hydrogen-bond acceptors (Lipinski definition) is 2. The predicted octanol–water partition coefficient (Wildman–Crippen LogP) is 3.07. The fraction of sp³-hybridized carbons (Fsp3) is 0.625. The SMILES string of the molecule is CCc1ccc(CN(CC)CCNC(C)C)cc1. The highest BCUT2D eigenvalue weighted by Crippen LogP contribution is 2.07. The van der Waals surface area contributed by atoms with Gasteiger partial charge < -0.3 is 5.32 Å². The molecule has 0 bridgehead atoms. The lowest BCUT2D eigenvalue weighted by Gasteiger charge is -2.21. The van der Waals surface area contributed by atoms with Gasteiger partial charge in [-0.15, -0.1) is 0 Å². The minimum absolute atomic E-state index is 0.576. The van der Waals surface area contributed by atoms with Gasteiger partial charge in [-0.05, 0) is 24.1 Å². The van der Waals surface area contributed by atoms with Crippen molar-refractivity contribution in [2.24, 2.45) is 0 Å². The number of nitrogens with one attached hydrogen (secondary N) is 1. The van der Waals surface area contributed by atoms with Gasteiger partial charge in [0, 0.05) is 25.7 Å². The Morgan fingerprint density at radius 1 is 1.06 bits per heavy atom. The fourth-order valence-electron chi connectivity index (χ4n) is 2.00. The summed E-state index contributed by atoms with van der Waals surface area (Å²) in [6, 6.07) is 9.59. The topological polar surface area (TPSA) is 15.3 Å². The first kappa shape index (κ1) is 15.2. The Bertz CT molecular complexity index is 316. The van der Waals surface area contributed by atoms with E-state index in [4.69, 9.17) is 0 Å². The van der Waals surface area contributed by atoms with E-state index in [-0.39, 0.29) is 0 Å². The second kappa shape index (κ2) is 8.28. The van der Waals surface area contributed by atoms with Crippen LogP contribution in [0.1, 0.15) is 38.8 Å². The molecular formula is C16H28N2. The summed E-state index contributed by atoms with van der Waals surface area (Å²) in [6.45, 7) is 13.2. The van der Waals surface area contributed by atoms with E-state index in [9.17, 15) is 0 Å². The van der Waals surface area contributed by atoms with Crippen LogP contribution in [-0.4, -0.2) is 30.6 Å². The van der Waals surface area contributed by atoms with Gasteiger partial charge in [0.2, 0.25) is 0 Å². The van der Waals surface area contributed by atoms with Crippen molar-refractivity contribution in [2.75, 3.05) is 19.6 Å². The summed E-state index contributed by atoms with van der Waals surface area (Å²) in [4.78, 5) is 2.48. The Hall–Kier alpha value is -0.860. The summed E-state index contributed by atoms with van der Waals surface area (Å²) in [6.07, 6.45) is 1.12. The highest BCUT2D eigenvalue weighted by atomic mass is 15.1. The van der Waals surface area contributed by atoms with E-state index in [1.165, 1.54) is 11.1 Å². The Morgan fingerprint density at radius 3 is 2.17 bits per heavy atom. The summed E-state index contributed by atoms with van der Waals surface area (Å²) in [5, 5.41) is 3.47. The van der Waals surface area contributed by atoms with Crippen LogP contribution >= 0.6 is 0 Å². The van der Waals surface area contributed by atoms with Crippen LogP contribution in [-0.2, 0) is 13.0 Å². The average molecular weight is 248 g/mol. The second-order valence-corrected chi connectivity index (χ2v) is 5.15. The summed E-state index contributed by atoms with van der Waals surface area (Å²) < 4.78 is 0. The molecule has 0 heterocycles. The number of nitrogens with zero attached hydrogens (tertiary/aromatic N) is 1. The van der Waals surface area contributed by atoms with Crippen LogP contribution in [0.25, 0.3) is 0 Å². The molecular weight excluding hydrogens is 220 g/mol. The number of rotatable bonds is 8. The molecule has 0 aliphatic heterocycles. The molecule has 0 radical (unpaired) electrons. The van der Waals surface area contributed by atoms with Gasteiger partial charge in [-0.2, -0.15) is 0 Å². The van der Waals surface area contributed by atoms with Gasteiger partial charge in [-0.3, -0.25) is 4.90 Å². The monoisotopic (exact) mass is 248 g/mol. The maximum absolute atomic E-state index is 3.47. The van der Waals surface area contributed by atoms with Crippen LogP contribution in [0.5, 0.6) is 0 Å². The molecule has 0 aromatic heterocycles. The maximum atomic E-state index is 3.47. The first-order chi connectivity index (χ1) is 8.65.